The van der Waals surface area contributed by atoms with E-state index in [2.05, 4.69) is 16.7 Å². The molecule has 2 heterocycles. The van der Waals surface area contributed by atoms with Crippen LogP contribution in [0.4, 0.5) is 0 Å². The van der Waals surface area contributed by atoms with Crippen molar-refractivity contribution in [2.24, 2.45) is 0 Å². The van der Waals surface area contributed by atoms with Gasteiger partial charge in [-0.1, -0.05) is 24.8 Å². The van der Waals surface area contributed by atoms with Crippen LogP contribution < -0.4 is 0 Å². The van der Waals surface area contributed by atoms with Gasteiger partial charge in [-0.15, -0.1) is 0 Å². The molecule has 0 bridgehead atoms. The van der Waals surface area contributed by atoms with Gasteiger partial charge in [0.2, 0.25) is 0 Å². The lowest BCUT2D eigenvalue weighted by molar-refractivity contribution is 0.298. The van der Waals surface area contributed by atoms with Crippen LogP contribution in [0.25, 0.3) is 22.5 Å². The number of fused-ring (bicyclic) bond motifs is 1. The van der Waals surface area contributed by atoms with Gasteiger partial charge in [-0.2, -0.15) is 5.10 Å². The molecule has 4 nitrogen and oxygen atoms in total. The maximum Gasteiger partial charge on any atom is 0.163 e. The number of benzene rings is 1. The second-order valence-corrected chi connectivity index (χ2v) is 4.33. The first-order chi connectivity index (χ1) is 9.81. The Morgan fingerprint density at radius 2 is 2.00 bits per heavy atom. The summed E-state index contributed by atoms with van der Waals surface area (Å²) in [5.74, 6) is 0.570. The normalized spacial score (nSPS) is 10.7. The third-order valence-corrected chi connectivity index (χ3v) is 3.03. The lowest BCUT2D eigenvalue weighted by Gasteiger charge is -2.03. The number of rotatable bonds is 4. The van der Waals surface area contributed by atoms with E-state index in [-0.39, 0.29) is 0 Å². The van der Waals surface area contributed by atoms with Gasteiger partial charge in [0.25, 0.3) is 0 Å². The Morgan fingerprint density at radius 3 is 2.75 bits per heavy atom. The third-order valence-electron chi connectivity index (χ3n) is 3.03. The molecule has 20 heavy (non-hydrogen) atoms. The Hall–Kier alpha value is -2.62. The molecule has 0 aliphatic heterocycles. The SMILES string of the molecule is C=C(OCC)c1nn(-c2ccccc2)c2ncccc12. The Labute approximate surface area is 117 Å². The van der Waals surface area contributed by atoms with Gasteiger partial charge in [-0.05, 0) is 31.2 Å². The summed E-state index contributed by atoms with van der Waals surface area (Å²) in [5.41, 5.74) is 2.50. The first-order valence-corrected chi connectivity index (χ1v) is 6.52. The van der Waals surface area contributed by atoms with Crippen LogP contribution in [-0.4, -0.2) is 21.4 Å². The van der Waals surface area contributed by atoms with Crippen molar-refractivity contribution < 1.29 is 4.74 Å². The van der Waals surface area contributed by atoms with Crippen molar-refractivity contribution in [3.05, 3.63) is 60.9 Å². The van der Waals surface area contributed by atoms with Gasteiger partial charge >= 0.3 is 0 Å². The highest BCUT2D eigenvalue weighted by atomic mass is 16.5. The molecule has 0 aliphatic rings. The van der Waals surface area contributed by atoms with Crippen molar-refractivity contribution in [1.29, 1.82) is 0 Å². The molecule has 1 aromatic carbocycles. The van der Waals surface area contributed by atoms with Crippen LogP contribution in [-0.2, 0) is 4.74 Å². The topological polar surface area (TPSA) is 39.9 Å². The molecule has 2 aromatic heterocycles. The van der Waals surface area contributed by atoms with E-state index in [0.717, 1.165) is 22.4 Å². The fraction of sp³-hybridized carbons (Fsp3) is 0.125. The minimum atomic E-state index is 0.568. The Bertz CT molecular complexity index is 747. The predicted molar refractivity (Wildman–Crippen MR) is 79.5 cm³/mol. The number of hydrogen-bond donors (Lipinski definition) is 0. The van der Waals surface area contributed by atoms with Crippen molar-refractivity contribution in [2.45, 2.75) is 6.92 Å². The molecule has 0 N–H and O–H groups in total. The molecule has 0 spiro atoms. The smallest absolute Gasteiger partial charge is 0.163 e. The summed E-state index contributed by atoms with van der Waals surface area (Å²) in [6.07, 6.45) is 1.76. The standard InChI is InChI=1S/C16H15N3O/c1-3-20-12(2)15-14-10-7-11-17-16(14)19(18-15)13-8-5-4-6-9-13/h4-11H,2-3H2,1H3. The van der Waals surface area contributed by atoms with Gasteiger partial charge in [-0.25, -0.2) is 9.67 Å². The van der Waals surface area contributed by atoms with Crippen molar-refractivity contribution >= 4 is 16.8 Å². The van der Waals surface area contributed by atoms with E-state index < -0.39 is 0 Å². The lowest BCUT2D eigenvalue weighted by atomic mass is 10.2. The number of nitrogens with zero attached hydrogens (tertiary/aromatic N) is 3. The molecule has 0 saturated carbocycles. The number of para-hydroxylation sites is 1. The van der Waals surface area contributed by atoms with Gasteiger partial charge in [0.15, 0.2) is 5.65 Å². The molecular weight excluding hydrogens is 250 g/mol. The van der Waals surface area contributed by atoms with Crippen LogP contribution in [0.15, 0.2) is 55.2 Å². The lowest BCUT2D eigenvalue weighted by Crippen LogP contribution is -1.98. The van der Waals surface area contributed by atoms with Gasteiger partial charge < -0.3 is 4.74 Å². The van der Waals surface area contributed by atoms with Crippen molar-refractivity contribution in [1.82, 2.24) is 14.8 Å². The molecule has 0 amide bonds. The highest BCUT2D eigenvalue weighted by Crippen LogP contribution is 2.25. The summed E-state index contributed by atoms with van der Waals surface area (Å²) in [6, 6.07) is 13.8. The third kappa shape index (κ3) is 2.05. The van der Waals surface area contributed by atoms with E-state index in [0.29, 0.717) is 12.4 Å². The zero-order valence-electron chi connectivity index (χ0n) is 11.3. The van der Waals surface area contributed by atoms with Gasteiger partial charge in [0.05, 0.1) is 17.7 Å². The Balaban J connectivity index is 2.22. The molecular formula is C16H15N3O. The maximum atomic E-state index is 5.49. The molecule has 0 fully saturated rings. The fourth-order valence-corrected chi connectivity index (χ4v) is 2.15. The molecule has 3 aromatic rings. The summed E-state index contributed by atoms with van der Waals surface area (Å²) in [5, 5.41) is 5.55. The van der Waals surface area contributed by atoms with Crippen LogP contribution in [0.2, 0.25) is 0 Å². The summed E-state index contributed by atoms with van der Waals surface area (Å²) in [6.45, 7) is 6.44. The predicted octanol–water partition coefficient (Wildman–Crippen LogP) is 3.43. The summed E-state index contributed by atoms with van der Waals surface area (Å²) in [7, 11) is 0. The largest absolute Gasteiger partial charge is 0.492 e. The average molecular weight is 265 g/mol. The summed E-state index contributed by atoms with van der Waals surface area (Å²) < 4.78 is 7.30. The number of hydrogen-bond acceptors (Lipinski definition) is 3. The van der Waals surface area contributed by atoms with Gasteiger partial charge in [-0.3, -0.25) is 0 Å². The maximum absolute atomic E-state index is 5.49. The zero-order valence-corrected chi connectivity index (χ0v) is 11.3. The monoisotopic (exact) mass is 265 g/mol. The first-order valence-electron chi connectivity index (χ1n) is 6.52. The van der Waals surface area contributed by atoms with Crippen LogP contribution in [0.5, 0.6) is 0 Å². The first kappa shape index (κ1) is 12.4. The highest BCUT2D eigenvalue weighted by molar-refractivity contribution is 5.87. The Kier molecular flexibility index (Phi) is 3.21. The van der Waals surface area contributed by atoms with E-state index in [1.165, 1.54) is 0 Å². The quantitative estimate of drug-likeness (QED) is 0.678. The highest BCUT2D eigenvalue weighted by Gasteiger charge is 2.15. The summed E-state index contributed by atoms with van der Waals surface area (Å²) in [4.78, 5) is 4.42. The molecule has 0 aliphatic carbocycles. The van der Waals surface area contributed by atoms with E-state index in [1.54, 1.807) is 6.20 Å². The average Bonchev–Trinajstić information content (AvgIpc) is 2.88. The van der Waals surface area contributed by atoms with Crippen LogP contribution in [0.3, 0.4) is 0 Å². The molecule has 0 saturated heterocycles. The minimum Gasteiger partial charge on any atom is -0.492 e. The second kappa shape index (κ2) is 5.17. The van der Waals surface area contributed by atoms with E-state index in [9.17, 15) is 0 Å². The molecule has 0 unspecified atom stereocenters. The van der Waals surface area contributed by atoms with Crippen LogP contribution in [0.1, 0.15) is 12.6 Å². The van der Waals surface area contributed by atoms with Gasteiger partial charge in [0.1, 0.15) is 11.5 Å². The zero-order chi connectivity index (χ0) is 13.9. The van der Waals surface area contributed by atoms with Crippen LogP contribution in [0, 0.1) is 0 Å². The number of aromatic nitrogens is 3. The summed E-state index contributed by atoms with van der Waals surface area (Å²) >= 11 is 0. The Morgan fingerprint density at radius 1 is 1.20 bits per heavy atom. The van der Waals surface area contributed by atoms with Gasteiger partial charge in [0, 0.05) is 6.20 Å². The molecule has 3 rings (SSSR count). The van der Waals surface area contributed by atoms with Crippen molar-refractivity contribution in [3.63, 3.8) is 0 Å². The molecule has 4 heteroatoms. The molecule has 100 valence electrons. The second-order valence-electron chi connectivity index (χ2n) is 4.33. The minimum absolute atomic E-state index is 0.568. The van der Waals surface area contributed by atoms with E-state index in [4.69, 9.17) is 4.74 Å². The van der Waals surface area contributed by atoms with Crippen molar-refractivity contribution in [2.75, 3.05) is 6.61 Å². The fourth-order valence-electron chi connectivity index (χ4n) is 2.15. The van der Waals surface area contributed by atoms with E-state index >= 15 is 0 Å². The molecule has 0 radical (unpaired) electrons. The van der Waals surface area contributed by atoms with Crippen LogP contribution >= 0.6 is 0 Å². The van der Waals surface area contributed by atoms with E-state index in [1.807, 2.05) is 54.1 Å². The molecule has 0 atom stereocenters. The number of pyridine rings is 1. The van der Waals surface area contributed by atoms with Crippen molar-refractivity contribution in [3.8, 4) is 5.69 Å². The number of ether oxygens (including phenoxy) is 1.